The van der Waals surface area contributed by atoms with E-state index in [4.69, 9.17) is 30.5 Å². The zero-order valence-corrected chi connectivity index (χ0v) is 18.3. The molecule has 2 unspecified atom stereocenters. The molecule has 0 amide bonds. The van der Waals surface area contributed by atoms with Crippen molar-refractivity contribution in [2.45, 2.75) is 31.5 Å². The number of benzene rings is 2. The van der Waals surface area contributed by atoms with E-state index in [1.54, 1.807) is 14.2 Å². The van der Waals surface area contributed by atoms with Gasteiger partial charge in [0, 0.05) is 19.6 Å². The van der Waals surface area contributed by atoms with Crippen molar-refractivity contribution in [1.29, 1.82) is 0 Å². The monoisotopic (exact) mass is 422 g/mol. The van der Waals surface area contributed by atoms with Crippen molar-refractivity contribution in [3.63, 3.8) is 0 Å². The lowest BCUT2D eigenvalue weighted by Crippen LogP contribution is -2.25. The van der Waals surface area contributed by atoms with Gasteiger partial charge in [-0.3, -0.25) is 0 Å². The third kappa shape index (κ3) is 6.89. The molecule has 0 radical (unpaired) electrons. The zero-order chi connectivity index (χ0) is 21.3. The van der Waals surface area contributed by atoms with Gasteiger partial charge in [-0.1, -0.05) is 38.1 Å². The van der Waals surface area contributed by atoms with Crippen molar-refractivity contribution in [2.24, 2.45) is 0 Å². The number of alkyl halides is 1. The molecule has 0 fully saturated rings. The minimum Gasteiger partial charge on any atom is -0.491 e. The van der Waals surface area contributed by atoms with Crippen LogP contribution < -0.4 is 9.47 Å². The van der Waals surface area contributed by atoms with Gasteiger partial charge in [0.1, 0.15) is 36.9 Å². The Morgan fingerprint density at radius 3 is 1.72 bits per heavy atom. The van der Waals surface area contributed by atoms with Crippen LogP contribution in [-0.4, -0.2) is 57.2 Å². The second-order valence-corrected chi connectivity index (χ2v) is 7.73. The number of methoxy groups -OCH3 is 2. The first-order valence-corrected chi connectivity index (χ1v) is 10.2. The van der Waals surface area contributed by atoms with Crippen LogP contribution in [0.3, 0.4) is 0 Å². The molecule has 0 aliphatic heterocycles. The van der Waals surface area contributed by atoms with Crippen molar-refractivity contribution in [3.05, 3.63) is 59.7 Å². The van der Waals surface area contributed by atoms with Crippen LogP contribution in [0, 0.1) is 0 Å². The van der Waals surface area contributed by atoms with E-state index in [0.29, 0.717) is 19.0 Å². The smallest absolute Gasteiger partial charge is 0.119 e. The Morgan fingerprint density at radius 1 is 0.828 bits per heavy atom. The van der Waals surface area contributed by atoms with Crippen LogP contribution in [0.1, 0.15) is 25.0 Å². The first kappa shape index (κ1) is 23.5. The highest BCUT2D eigenvalue weighted by Crippen LogP contribution is 2.33. The standard InChI is InChI=1S/C23H31ClO5/c1-23(2,17-5-9-20(10-6-17)28-14-19(25)13-24)18-7-11-21(12-8-18)29-16-22(27-4)15-26-3/h5-12,19,22,25H,13-16H2,1-4H3. The fourth-order valence-electron chi connectivity index (χ4n) is 2.90. The van der Waals surface area contributed by atoms with Gasteiger partial charge in [-0.25, -0.2) is 0 Å². The molecule has 0 saturated carbocycles. The van der Waals surface area contributed by atoms with Crippen LogP contribution in [0.25, 0.3) is 0 Å². The molecule has 2 aromatic carbocycles. The predicted octanol–water partition coefficient (Wildman–Crippen LogP) is 4.03. The number of aliphatic hydroxyl groups excluding tert-OH is 1. The molecule has 0 aliphatic rings. The molecule has 1 N–H and O–H groups in total. The first-order valence-electron chi connectivity index (χ1n) is 9.63. The normalized spacial score (nSPS) is 13.7. The second kappa shape index (κ2) is 11.4. The van der Waals surface area contributed by atoms with Gasteiger partial charge in [0.05, 0.1) is 12.5 Å². The van der Waals surface area contributed by atoms with Gasteiger partial charge in [0.25, 0.3) is 0 Å². The molecule has 0 saturated heterocycles. The minimum absolute atomic E-state index is 0.0950. The van der Waals surface area contributed by atoms with Crippen LogP contribution in [0.5, 0.6) is 11.5 Å². The summed E-state index contributed by atoms with van der Waals surface area (Å²) in [4.78, 5) is 0. The van der Waals surface area contributed by atoms with Crippen LogP contribution in [0.4, 0.5) is 0 Å². The Labute approximate surface area is 178 Å². The lowest BCUT2D eigenvalue weighted by Gasteiger charge is -2.26. The summed E-state index contributed by atoms with van der Waals surface area (Å²) in [6.07, 6.45) is -0.760. The predicted molar refractivity (Wildman–Crippen MR) is 115 cm³/mol. The number of ether oxygens (including phenoxy) is 4. The first-order chi connectivity index (χ1) is 13.9. The molecule has 6 heteroatoms. The highest BCUT2D eigenvalue weighted by atomic mass is 35.5. The summed E-state index contributed by atoms with van der Waals surface area (Å²) in [7, 11) is 3.29. The largest absolute Gasteiger partial charge is 0.491 e. The Hall–Kier alpha value is -1.79. The summed E-state index contributed by atoms with van der Waals surface area (Å²) in [6, 6.07) is 16.0. The summed E-state index contributed by atoms with van der Waals surface area (Å²) in [6.45, 7) is 5.46. The molecular weight excluding hydrogens is 392 g/mol. The van der Waals surface area contributed by atoms with E-state index < -0.39 is 6.10 Å². The van der Waals surface area contributed by atoms with Crippen LogP contribution in [-0.2, 0) is 14.9 Å². The van der Waals surface area contributed by atoms with E-state index in [1.165, 1.54) is 5.56 Å². The maximum absolute atomic E-state index is 9.50. The second-order valence-electron chi connectivity index (χ2n) is 7.42. The van der Waals surface area contributed by atoms with Crippen LogP contribution in [0.15, 0.2) is 48.5 Å². The molecule has 0 aliphatic carbocycles. The van der Waals surface area contributed by atoms with Gasteiger partial charge >= 0.3 is 0 Å². The highest BCUT2D eigenvalue weighted by Gasteiger charge is 2.23. The van der Waals surface area contributed by atoms with Gasteiger partial charge in [0.15, 0.2) is 0 Å². The number of halogens is 1. The quantitative estimate of drug-likeness (QED) is 0.523. The van der Waals surface area contributed by atoms with Gasteiger partial charge in [-0.05, 0) is 35.4 Å². The van der Waals surface area contributed by atoms with E-state index in [9.17, 15) is 5.11 Å². The van der Waals surface area contributed by atoms with E-state index in [-0.39, 0.29) is 24.0 Å². The Morgan fingerprint density at radius 2 is 1.31 bits per heavy atom. The Kier molecular flexibility index (Phi) is 9.24. The summed E-state index contributed by atoms with van der Waals surface area (Å²) in [5, 5.41) is 9.50. The van der Waals surface area contributed by atoms with Crippen molar-refractivity contribution in [1.82, 2.24) is 0 Å². The molecule has 29 heavy (non-hydrogen) atoms. The fraction of sp³-hybridized carbons (Fsp3) is 0.478. The Bertz CT molecular complexity index is 715. The lowest BCUT2D eigenvalue weighted by atomic mass is 9.78. The van der Waals surface area contributed by atoms with E-state index in [0.717, 1.165) is 11.3 Å². The van der Waals surface area contributed by atoms with Crippen molar-refractivity contribution >= 4 is 11.6 Å². The molecule has 5 nitrogen and oxygen atoms in total. The molecule has 2 atom stereocenters. The lowest BCUT2D eigenvalue weighted by molar-refractivity contribution is 0.000872. The summed E-state index contributed by atoms with van der Waals surface area (Å²) < 4.78 is 21.8. The third-order valence-electron chi connectivity index (χ3n) is 4.89. The average Bonchev–Trinajstić information content (AvgIpc) is 2.75. The number of hydrogen-bond donors (Lipinski definition) is 1. The number of hydrogen-bond acceptors (Lipinski definition) is 5. The topological polar surface area (TPSA) is 57.2 Å². The van der Waals surface area contributed by atoms with Crippen molar-refractivity contribution < 1.29 is 24.1 Å². The van der Waals surface area contributed by atoms with Crippen LogP contribution in [0.2, 0.25) is 0 Å². The van der Waals surface area contributed by atoms with Gasteiger partial charge < -0.3 is 24.1 Å². The maximum atomic E-state index is 9.50. The summed E-state index contributed by atoms with van der Waals surface area (Å²) in [5.74, 6) is 1.66. The number of aliphatic hydroxyl groups is 1. The summed E-state index contributed by atoms with van der Waals surface area (Å²) >= 11 is 5.59. The molecule has 0 spiro atoms. The van der Waals surface area contributed by atoms with Gasteiger partial charge in [0.2, 0.25) is 0 Å². The molecule has 0 aromatic heterocycles. The van der Waals surface area contributed by atoms with Gasteiger partial charge in [-0.15, -0.1) is 11.6 Å². The van der Waals surface area contributed by atoms with E-state index >= 15 is 0 Å². The molecule has 2 aromatic rings. The van der Waals surface area contributed by atoms with Crippen molar-refractivity contribution in [2.75, 3.05) is 39.9 Å². The Balaban J connectivity index is 2.01. The SMILES string of the molecule is COCC(COc1ccc(C(C)(C)c2ccc(OCC(O)CCl)cc2)cc1)OC. The minimum atomic E-state index is -0.665. The summed E-state index contributed by atoms with van der Waals surface area (Å²) in [5.41, 5.74) is 2.16. The van der Waals surface area contributed by atoms with Crippen molar-refractivity contribution in [3.8, 4) is 11.5 Å². The number of rotatable bonds is 12. The third-order valence-corrected chi connectivity index (χ3v) is 5.25. The van der Waals surface area contributed by atoms with E-state index in [2.05, 4.69) is 26.0 Å². The molecule has 0 heterocycles. The fourth-order valence-corrected chi connectivity index (χ4v) is 2.99. The van der Waals surface area contributed by atoms with E-state index in [1.807, 2.05) is 36.4 Å². The maximum Gasteiger partial charge on any atom is 0.119 e. The zero-order valence-electron chi connectivity index (χ0n) is 17.6. The molecular formula is C23H31ClO5. The van der Waals surface area contributed by atoms with Gasteiger partial charge in [-0.2, -0.15) is 0 Å². The highest BCUT2D eigenvalue weighted by molar-refractivity contribution is 6.18. The molecule has 0 bridgehead atoms. The molecule has 2 rings (SSSR count). The molecule has 160 valence electrons. The van der Waals surface area contributed by atoms with Crippen LogP contribution >= 0.6 is 11.6 Å². The average molecular weight is 423 g/mol.